The summed E-state index contributed by atoms with van der Waals surface area (Å²) >= 11 is 3.56. The Labute approximate surface area is 86.8 Å². The normalized spacial score (nSPS) is 51.5. The Hall–Kier alpha value is -0.0500. The van der Waals surface area contributed by atoms with Crippen molar-refractivity contribution in [3.05, 3.63) is 0 Å². The van der Waals surface area contributed by atoms with E-state index in [0.717, 1.165) is 12.8 Å². The second-order valence-electron chi connectivity index (χ2n) is 5.18. The Balaban J connectivity index is 2.50. The number of carboxylic acid groups (broad SMARTS) is 1. The first-order valence-corrected chi connectivity index (χ1v) is 5.60. The van der Waals surface area contributed by atoms with Gasteiger partial charge in [0, 0.05) is 4.83 Å². The third kappa shape index (κ3) is 0.641. The van der Waals surface area contributed by atoms with Gasteiger partial charge in [0.25, 0.3) is 0 Å². The third-order valence-electron chi connectivity index (χ3n) is 4.96. The molecule has 0 spiro atoms. The van der Waals surface area contributed by atoms with E-state index in [1.54, 1.807) is 0 Å². The van der Waals surface area contributed by atoms with Crippen LogP contribution in [-0.2, 0) is 4.79 Å². The van der Waals surface area contributed by atoms with E-state index < -0.39 is 11.4 Å². The molecule has 13 heavy (non-hydrogen) atoms. The Morgan fingerprint density at radius 3 is 2.08 bits per heavy atom. The lowest BCUT2D eigenvalue weighted by molar-refractivity contribution is -0.179. The highest BCUT2D eigenvalue weighted by Gasteiger charge is 2.80. The summed E-state index contributed by atoms with van der Waals surface area (Å²) in [6.45, 7) is 6.37. The van der Waals surface area contributed by atoms with Crippen LogP contribution in [0, 0.1) is 16.2 Å². The minimum Gasteiger partial charge on any atom is -0.481 e. The number of fused-ring (bicyclic) bond motifs is 1. The van der Waals surface area contributed by atoms with Crippen LogP contribution in [-0.4, -0.2) is 15.9 Å². The summed E-state index contributed by atoms with van der Waals surface area (Å²) in [6.07, 6.45) is 1.85. The predicted molar refractivity (Wildman–Crippen MR) is 53.9 cm³/mol. The zero-order chi connectivity index (χ0) is 10.1. The topological polar surface area (TPSA) is 37.3 Å². The molecular formula is C10H15BrO2. The van der Waals surface area contributed by atoms with Gasteiger partial charge in [-0.25, -0.2) is 0 Å². The number of carboxylic acids is 1. The van der Waals surface area contributed by atoms with Gasteiger partial charge in [0.15, 0.2) is 0 Å². The average molecular weight is 247 g/mol. The van der Waals surface area contributed by atoms with Crippen molar-refractivity contribution in [1.29, 1.82) is 0 Å². The van der Waals surface area contributed by atoms with E-state index >= 15 is 0 Å². The highest BCUT2D eigenvalue weighted by Crippen LogP contribution is 2.79. The van der Waals surface area contributed by atoms with Gasteiger partial charge in [0.05, 0.1) is 5.41 Å². The molecule has 0 heterocycles. The maximum atomic E-state index is 11.3. The molecule has 3 atom stereocenters. The predicted octanol–water partition coefficient (Wildman–Crippen LogP) is 2.66. The van der Waals surface area contributed by atoms with Crippen LogP contribution in [0.2, 0.25) is 0 Å². The number of hydrogen-bond acceptors (Lipinski definition) is 1. The molecule has 0 radical (unpaired) electrons. The van der Waals surface area contributed by atoms with Gasteiger partial charge >= 0.3 is 5.97 Å². The maximum Gasteiger partial charge on any atom is 0.311 e. The van der Waals surface area contributed by atoms with Crippen molar-refractivity contribution in [2.75, 3.05) is 0 Å². The zero-order valence-electron chi connectivity index (χ0n) is 8.22. The van der Waals surface area contributed by atoms with Crippen LogP contribution >= 0.6 is 15.9 Å². The Kier molecular flexibility index (Phi) is 1.56. The molecule has 3 fully saturated rings. The molecule has 3 aliphatic carbocycles. The fourth-order valence-corrected chi connectivity index (χ4v) is 5.23. The molecule has 3 rings (SSSR count). The van der Waals surface area contributed by atoms with Crippen LogP contribution < -0.4 is 0 Å². The van der Waals surface area contributed by atoms with Gasteiger partial charge in [-0.3, -0.25) is 4.79 Å². The lowest BCUT2D eigenvalue weighted by Crippen LogP contribution is -2.67. The maximum absolute atomic E-state index is 11.3. The van der Waals surface area contributed by atoms with Gasteiger partial charge in [-0.2, -0.15) is 0 Å². The van der Waals surface area contributed by atoms with Crippen LogP contribution in [0.3, 0.4) is 0 Å². The summed E-state index contributed by atoms with van der Waals surface area (Å²) in [5.74, 6) is -0.630. The molecule has 0 saturated heterocycles. The van der Waals surface area contributed by atoms with Crippen molar-refractivity contribution in [3.63, 3.8) is 0 Å². The molecule has 3 aliphatic rings. The van der Waals surface area contributed by atoms with Crippen LogP contribution in [0.4, 0.5) is 0 Å². The van der Waals surface area contributed by atoms with Crippen LogP contribution in [0.5, 0.6) is 0 Å². The number of hydrogen-bond donors (Lipinski definition) is 1. The number of halogens is 1. The summed E-state index contributed by atoms with van der Waals surface area (Å²) in [6, 6.07) is 0. The summed E-state index contributed by atoms with van der Waals surface area (Å²) in [5.41, 5.74) is -0.410. The van der Waals surface area contributed by atoms with E-state index in [0.29, 0.717) is 0 Å². The monoisotopic (exact) mass is 246 g/mol. The van der Waals surface area contributed by atoms with Gasteiger partial charge in [0.1, 0.15) is 0 Å². The highest BCUT2D eigenvalue weighted by molar-refractivity contribution is 9.09. The number of aliphatic carboxylic acids is 1. The highest BCUT2D eigenvalue weighted by atomic mass is 79.9. The molecule has 0 amide bonds. The number of carbonyl (C=O) groups is 1. The van der Waals surface area contributed by atoms with Gasteiger partial charge in [0.2, 0.25) is 0 Å². The number of alkyl halides is 1. The molecule has 0 aromatic rings. The second-order valence-corrected chi connectivity index (χ2v) is 6.10. The minimum atomic E-state index is -0.630. The lowest BCUT2D eigenvalue weighted by atomic mass is 9.44. The largest absolute Gasteiger partial charge is 0.481 e. The minimum absolute atomic E-state index is 0.0694. The van der Waals surface area contributed by atoms with E-state index in [1.807, 2.05) is 0 Å². The first kappa shape index (κ1) is 9.50. The molecule has 3 saturated carbocycles. The van der Waals surface area contributed by atoms with E-state index in [1.165, 1.54) is 0 Å². The SMILES string of the molecule is CC1(C)[C@@]2(C)CC[C@]1(C(=O)O)[C@@H]2Br. The van der Waals surface area contributed by atoms with Gasteiger partial charge in [-0.1, -0.05) is 36.7 Å². The summed E-state index contributed by atoms with van der Waals surface area (Å²) < 4.78 is 0. The standard InChI is InChI=1S/C10H15BrO2/c1-8(2)9(3)4-5-10(8,6(9)11)7(12)13/h6H,4-5H2,1-3H3,(H,12,13)/t6-,9+,10-/m1/s1. The van der Waals surface area contributed by atoms with Crippen LogP contribution in [0.15, 0.2) is 0 Å². The first-order chi connectivity index (χ1) is 5.81. The fraction of sp³-hybridized carbons (Fsp3) is 0.900. The van der Waals surface area contributed by atoms with Crippen molar-refractivity contribution in [1.82, 2.24) is 0 Å². The van der Waals surface area contributed by atoms with E-state index in [4.69, 9.17) is 0 Å². The molecule has 0 aromatic carbocycles. The van der Waals surface area contributed by atoms with Gasteiger partial charge < -0.3 is 5.11 Å². The summed E-state index contributed by atoms with van der Waals surface area (Å²) in [7, 11) is 0. The van der Waals surface area contributed by atoms with Crippen molar-refractivity contribution >= 4 is 21.9 Å². The molecule has 2 nitrogen and oxygen atoms in total. The molecule has 74 valence electrons. The third-order valence-corrected chi connectivity index (χ3v) is 6.75. The van der Waals surface area contributed by atoms with Gasteiger partial charge in [-0.15, -0.1) is 0 Å². The van der Waals surface area contributed by atoms with E-state index in [9.17, 15) is 9.90 Å². The molecule has 0 aromatic heterocycles. The quantitative estimate of drug-likeness (QED) is 0.723. The fourth-order valence-electron chi connectivity index (χ4n) is 3.43. The molecule has 0 unspecified atom stereocenters. The van der Waals surface area contributed by atoms with Crippen molar-refractivity contribution < 1.29 is 9.90 Å². The van der Waals surface area contributed by atoms with Crippen molar-refractivity contribution in [2.45, 2.75) is 38.4 Å². The van der Waals surface area contributed by atoms with E-state index in [-0.39, 0.29) is 15.7 Å². The molecule has 1 N–H and O–H groups in total. The van der Waals surface area contributed by atoms with Gasteiger partial charge in [-0.05, 0) is 23.7 Å². The molecule has 3 heteroatoms. The average Bonchev–Trinajstić information content (AvgIpc) is 2.39. The van der Waals surface area contributed by atoms with Crippen molar-refractivity contribution in [2.24, 2.45) is 16.2 Å². The Morgan fingerprint density at radius 1 is 1.38 bits per heavy atom. The Bertz CT molecular complexity index is 287. The first-order valence-electron chi connectivity index (χ1n) is 4.68. The summed E-state index contributed by atoms with van der Waals surface area (Å²) in [4.78, 5) is 11.5. The molecular weight excluding hydrogens is 232 g/mol. The smallest absolute Gasteiger partial charge is 0.311 e. The molecule has 2 bridgehead atoms. The summed E-state index contributed by atoms with van der Waals surface area (Å²) in [5, 5.41) is 9.30. The zero-order valence-corrected chi connectivity index (χ0v) is 9.81. The second kappa shape index (κ2) is 2.13. The van der Waals surface area contributed by atoms with E-state index in [2.05, 4.69) is 36.7 Å². The number of rotatable bonds is 1. The van der Waals surface area contributed by atoms with Crippen LogP contribution in [0.25, 0.3) is 0 Å². The Morgan fingerprint density at radius 2 is 1.92 bits per heavy atom. The lowest BCUT2D eigenvalue weighted by Gasteiger charge is -2.63. The molecule has 0 aliphatic heterocycles. The van der Waals surface area contributed by atoms with Crippen molar-refractivity contribution in [3.8, 4) is 0 Å². The van der Waals surface area contributed by atoms with Crippen LogP contribution in [0.1, 0.15) is 33.6 Å².